The Hall–Kier alpha value is -3.97. The molecule has 1 fully saturated rings. The lowest BCUT2D eigenvalue weighted by molar-refractivity contribution is -0.139. The zero-order chi connectivity index (χ0) is 26.7. The molecule has 2 N–H and O–H groups in total. The molecule has 10 nitrogen and oxygen atoms in total. The number of nitrogens with zero attached hydrogens (tertiary/aromatic N) is 7. The number of nitrogens with one attached hydrogen (secondary N) is 2. The maximum Gasteiger partial charge on any atom is 0.265 e. The summed E-state index contributed by atoms with van der Waals surface area (Å²) in [5.41, 5.74) is 3.00. The molecule has 0 unspecified atom stereocenters. The largest absolute Gasteiger partial charge is 0.371 e. The predicted molar refractivity (Wildman–Crippen MR) is 130 cm³/mol. The first-order valence-electron chi connectivity index (χ1n) is 11.6. The minimum atomic E-state index is -2.66. The standard InChI is InChI=1S/C16H16F2N8.C7H11F2NO/c1-19-14-13-10(3-5-25(13)24-16(20-2)23-14)11-4-6-26-15(22-11)9(8-21-26)7-12(17)18;1-6(11)10-4-2-3-7(8,9)5-10/h3-6,8,12H,7H2,1-2H3,(H2,19,20,23,24);2-5H2,1H3. The molecule has 14 heteroatoms. The molecule has 198 valence electrons. The van der Waals surface area contributed by atoms with Crippen LogP contribution in [0.15, 0.2) is 30.7 Å². The van der Waals surface area contributed by atoms with Gasteiger partial charge in [0.2, 0.25) is 18.3 Å². The molecular formula is C23H27F4N9O. The molecule has 4 aromatic rings. The molecule has 1 amide bonds. The fraction of sp³-hybridized carbons (Fsp3) is 0.435. The topological polar surface area (TPSA) is 105 Å². The molecule has 1 aliphatic rings. The molecule has 4 aromatic heterocycles. The summed E-state index contributed by atoms with van der Waals surface area (Å²) in [4.78, 5) is 20.8. The van der Waals surface area contributed by atoms with Crippen molar-refractivity contribution in [2.24, 2.45) is 0 Å². The second kappa shape index (κ2) is 10.6. The van der Waals surface area contributed by atoms with Crippen molar-refractivity contribution in [1.82, 2.24) is 34.1 Å². The minimum absolute atomic E-state index is 0.0865. The monoisotopic (exact) mass is 521 g/mol. The van der Waals surface area contributed by atoms with E-state index in [0.29, 0.717) is 41.6 Å². The normalized spacial score (nSPS) is 15.1. The number of halogens is 4. The van der Waals surface area contributed by atoms with Gasteiger partial charge in [-0.3, -0.25) is 4.79 Å². The van der Waals surface area contributed by atoms with E-state index in [-0.39, 0.29) is 18.7 Å². The van der Waals surface area contributed by atoms with Gasteiger partial charge in [-0.1, -0.05) is 0 Å². The number of fused-ring (bicyclic) bond motifs is 2. The zero-order valence-electron chi connectivity index (χ0n) is 20.6. The third-order valence-electron chi connectivity index (χ3n) is 5.90. The van der Waals surface area contributed by atoms with Crippen LogP contribution in [0.1, 0.15) is 25.3 Å². The van der Waals surface area contributed by atoms with Crippen molar-refractivity contribution >= 4 is 28.8 Å². The van der Waals surface area contributed by atoms with Gasteiger partial charge in [0, 0.05) is 63.9 Å². The Morgan fingerprint density at radius 3 is 2.51 bits per heavy atom. The third-order valence-corrected chi connectivity index (χ3v) is 5.90. The number of amides is 1. The number of likely N-dealkylation sites (tertiary alicyclic amines) is 1. The molecule has 37 heavy (non-hydrogen) atoms. The van der Waals surface area contributed by atoms with Crippen LogP contribution in [0.5, 0.6) is 0 Å². The summed E-state index contributed by atoms with van der Waals surface area (Å²) in [6.45, 7) is 1.40. The summed E-state index contributed by atoms with van der Waals surface area (Å²) < 4.78 is 54.0. The van der Waals surface area contributed by atoms with E-state index in [4.69, 9.17) is 0 Å². The van der Waals surface area contributed by atoms with Crippen LogP contribution in [0.2, 0.25) is 0 Å². The van der Waals surface area contributed by atoms with Crippen LogP contribution in [0.4, 0.5) is 29.3 Å². The summed E-state index contributed by atoms with van der Waals surface area (Å²) in [5.74, 6) is -1.82. The molecule has 1 aliphatic heterocycles. The molecular weight excluding hydrogens is 494 g/mol. The van der Waals surface area contributed by atoms with Gasteiger partial charge in [-0.15, -0.1) is 5.10 Å². The Kier molecular flexibility index (Phi) is 7.45. The Bertz CT molecular complexity index is 1400. The van der Waals surface area contributed by atoms with Gasteiger partial charge >= 0.3 is 0 Å². The Morgan fingerprint density at radius 1 is 1.14 bits per heavy atom. The summed E-state index contributed by atoms with van der Waals surface area (Å²) in [7, 11) is 3.51. The quantitative estimate of drug-likeness (QED) is 0.387. The number of anilines is 2. The van der Waals surface area contributed by atoms with Crippen molar-refractivity contribution in [3.8, 4) is 11.3 Å². The van der Waals surface area contributed by atoms with Crippen molar-refractivity contribution in [3.05, 3.63) is 36.3 Å². The smallest absolute Gasteiger partial charge is 0.265 e. The van der Waals surface area contributed by atoms with Crippen LogP contribution in [0.3, 0.4) is 0 Å². The van der Waals surface area contributed by atoms with Crippen LogP contribution in [-0.4, -0.2) is 79.5 Å². The molecule has 0 saturated carbocycles. The van der Waals surface area contributed by atoms with Gasteiger partial charge in [0.05, 0.1) is 18.4 Å². The summed E-state index contributed by atoms with van der Waals surface area (Å²) in [6.07, 6.45) is 2.43. The third kappa shape index (κ3) is 5.73. The fourth-order valence-corrected chi connectivity index (χ4v) is 4.12. The first-order chi connectivity index (χ1) is 17.6. The molecule has 0 aliphatic carbocycles. The van der Waals surface area contributed by atoms with E-state index in [0.717, 1.165) is 11.1 Å². The van der Waals surface area contributed by atoms with Crippen LogP contribution >= 0.6 is 0 Å². The van der Waals surface area contributed by atoms with Gasteiger partial charge in [0.1, 0.15) is 5.52 Å². The van der Waals surface area contributed by atoms with Gasteiger partial charge in [-0.2, -0.15) is 10.1 Å². The maximum absolute atomic E-state index is 12.8. The number of carbonyl (C=O) groups excluding carboxylic acids is 1. The summed E-state index contributed by atoms with van der Waals surface area (Å²) >= 11 is 0. The van der Waals surface area contributed by atoms with Crippen molar-refractivity contribution in [3.63, 3.8) is 0 Å². The first-order valence-corrected chi connectivity index (χ1v) is 11.6. The Morgan fingerprint density at radius 2 is 1.89 bits per heavy atom. The summed E-state index contributed by atoms with van der Waals surface area (Å²) in [6, 6.07) is 3.65. The molecule has 1 saturated heterocycles. The molecule has 5 heterocycles. The van der Waals surface area contributed by atoms with Gasteiger partial charge < -0.3 is 15.5 Å². The van der Waals surface area contributed by atoms with Crippen molar-refractivity contribution in [2.45, 2.75) is 38.5 Å². The average molecular weight is 522 g/mol. The van der Waals surface area contributed by atoms with E-state index in [1.807, 2.05) is 6.07 Å². The second-order valence-corrected chi connectivity index (χ2v) is 8.55. The number of rotatable bonds is 5. The lowest BCUT2D eigenvalue weighted by Crippen LogP contribution is -2.44. The van der Waals surface area contributed by atoms with Gasteiger partial charge in [0.15, 0.2) is 11.5 Å². The molecule has 0 aromatic carbocycles. The van der Waals surface area contributed by atoms with E-state index in [1.165, 1.54) is 22.5 Å². The molecule has 0 spiro atoms. The molecule has 0 atom stereocenters. The minimum Gasteiger partial charge on any atom is -0.371 e. The molecule has 0 radical (unpaired) electrons. The van der Waals surface area contributed by atoms with Crippen molar-refractivity contribution < 1.29 is 22.4 Å². The average Bonchev–Trinajstić information content (AvgIpc) is 3.46. The van der Waals surface area contributed by atoms with Crippen LogP contribution in [0, 0.1) is 0 Å². The number of piperidine rings is 1. The molecule has 5 rings (SSSR count). The van der Waals surface area contributed by atoms with E-state index in [2.05, 4.69) is 30.8 Å². The van der Waals surface area contributed by atoms with Gasteiger partial charge in [-0.25, -0.2) is 31.6 Å². The molecule has 0 bridgehead atoms. The predicted octanol–water partition coefficient (Wildman–Crippen LogP) is 3.59. The number of aromatic nitrogens is 6. The number of hydrogen-bond acceptors (Lipinski definition) is 7. The highest BCUT2D eigenvalue weighted by Crippen LogP contribution is 2.30. The number of alkyl halides is 4. The fourth-order valence-electron chi connectivity index (χ4n) is 4.12. The highest BCUT2D eigenvalue weighted by molar-refractivity contribution is 5.87. The van der Waals surface area contributed by atoms with E-state index in [1.54, 1.807) is 37.1 Å². The highest BCUT2D eigenvalue weighted by Gasteiger charge is 2.35. The number of carbonyl (C=O) groups is 1. The first kappa shape index (κ1) is 26.1. The van der Waals surface area contributed by atoms with Crippen LogP contribution in [-0.2, 0) is 11.2 Å². The lowest BCUT2D eigenvalue weighted by atomic mass is 10.1. The number of hydrogen-bond donors (Lipinski definition) is 2. The van der Waals surface area contributed by atoms with Crippen molar-refractivity contribution in [2.75, 3.05) is 37.8 Å². The maximum atomic E-state index is 12.8. The van der Waals surface area contributed by atoms with Crippen LogP contribution < -0.4 is 10.6 Å². The van der Waals surface area contributed by atoms with Gasteiger partial charge in [-0.05, 0) is 18.6 Å². The van der Waals surface area contributed by atoms with E-state index < -0.39 is 18.9 Å². The summed E-state index contributed by atoms with van der Waals surface area (Å²) in [5, 5.41) is 14.4. The SMILES string of the molecule is CC(=O)N1CCCC(F)(F)C1.CNc1nc(NC)c2c(-c3ccn4ncc(CC(F)F)c4n3)ccn2n1. The van der Waals surface area contributed by atoms with Gasteiger partial charge in [0.25, 0.3) is 5.92 Å². The second-order valence-electron chi connectivity index (χ2n) is 8.55. The zero-order valence-corrected chi connectivity index (χ0v) is 20.6. The highest BCUT2D eigenvalue weighted by atomic mass is 19.3. The Labute approximate surface area is 209 Å². The lowest BCUT2D eigenvalue weighted by Gasteiger charge is -2.31. The Balaban J connectivity index is 0.000000245. The van der Waals surface area contributed by atoms with Crippen molar-refractivity contribution in [1.29, 1.82) is 0 Å². The van der Waals surface area contributed by atoms with Crippen LogP contribution in [0.25, 0.3) is 22.4 Å². The van der Waals surface area contributed by atoms with E-state index >= 15 is 0 Å². The van der Waals surface area contributed by atoms with E-state index in [9.17, 15) is 22.4 Å².